The van der Waals surface area contributed by atoms with Crippen LogP contribution < -0.4 is 4.90 Å². The van der Waals surface area contributed by atoms with E-state index < -0.39 is 0 Å². The van der Waals surface area contributed by atoms with Gasteiger partial charge in [0, 0.05) is 46.5 Å². The lowest BCUT2D eigenvalue weighted by atomic mass is 10.2. The summed E-state index contributed by atoms with van der Waals surface area (Å²) < 4.78 is 3.38. The molecule has 1 saturated heterocycles. The molecule has 4 rings (SSSR count). The molecule has 9 nitrogen and oxygen atoms in total. The predicted molar refractivity (Wildman–Crippen MR) is 87.6 cm³/mol. The normalized spacial score (nSPS) is 15.2. The van der Waals surface area contributed by atoms with Gasteiger partial charge >= 0.3 is 0 Å². The van der Waals surface area contributed by atoms with Crippen LogP contribution in [0.4, 0.5) is 5.82 Å². The lowest BCUT2D eigenvalue weighted by Gasteiger charge is -2.35. The predicted octanol–water partition coefficient (Wildman–Crippen LogP) is 0.0592. The van der Waals surface area contributed by atoms with Crippen LogP contribution in [0, 0.1) is 0 Å². The molecule has 24 heavy (non-hydrogen) atoms. The SMILES string of the molecule is Cn1cc(C(=O)N2CCN(c3ncnc4c3cnn4C)CC2)cn1. The number of carbonyl (C=O) groups excluding carboxylic acids is 1. The fourth-order valence-electron chi connectivity index (χ4n) is 3.04. The van der Waals surface area contributed by atoms with E-state index >= 15 is 0 Å². The molecule has 9 heteroatoms. The Bertz CT molecular complexity index is 890. The number of anilines is 1. The number of fused-ring (bicyclic) bond motifs is 1. The molecule has 4 heterocycles. The van der Waals surface area contributed by atoms with E-state index in [9.17, 15) is 4.79 Å². The van der Waals surface area contributed by atoms with E-state index in [0.29, 0.717) is 18.7 Å². The molecule has 1 aliphatic rings. The number of aromatic nitrogens is 6. The van der Waals surface area contributed by atoms with Crippen LogP contribution in [0.2, 0.25) is 0 Å². The summed E-state index contributed by atoms with van der Waals surface area (Å²) in [7, 11) is 3.67. The third-order valence-corrected chi connectivity index (χ3v) is 4.33. The number of rotatable bonds is 2. The minimum atomic E-state index is 0.0250. The van der Waals surface area contributed by atoms with Crippen LogP contribution in [0.15, 0.2) is 24.9 Å². The van der Waals surface area contributed by atoms with Crippen molar-refractivity contribution in [3.8, 4) is 0 Å². The first kappa shape index (κ1) is 14.6. The zero-order valence-electron chi connectivity index (χ0n) is 13.6. The zero-order valence-corrected chi connectivity index (χ0v) is 13.6. The summed E-state index contributed by atoms with van der Waals surface area (Å²) in [5.74, 6) is 0.901. The molecular formula is C15H18N8O. The van der Waals surface area contributed by atoms with Gasteiger partial charge in [-0.25, -0.2) is 9.97 Å². The Balaban J connectivity index is 1.50. The van der Waals surface area contributed by atoms with E-state index in [-0.39, 0.29) is 5.91 Å². The van der Waals surface area contributed by atoms with Gasteiger partial charge in [-0.3, -0.25) is 14.2 Å². The minimum absolute atomic E-state index is 0.0250. The maximum atomic E-state index is 12.5. The van der Waals surface area contributed by atoms with Gasteiger partial charge in [0.2, 0.25) is 0 Å². The molecule has 0 aliphatic carbocycles. The summed E-state index contributed by atoms with van der Waals surface area (Å²) in [5.41, 5.74) is 1.44. The van der Waals surface area contributed by atoms with Gasteiger partial charge in [0.15, 0.2) is 5.65 Å². The number of nitrogens with zero attached hydrogens (tertiary/aromatic N) is 8. The van der Waals surface area contributed by atoms with Crippen LogP contribution in [0.5, 0.6) is 0 Å². The second-order valence-corrected chi connectivity index (χ2v) is 5.88. The third-order valence-electron chi connectivity index (χ3n) is 4.33. The van der Waals surface area contributed by atoms with Gasteiger partial charge in [-0.15, -0.1) is 0 Å². The van der Waals surface area contributed by atoms with Crippen molar-refractivity contribution in [2.75, 3.05) is 31.1 Å². The Morgan fingerprint density at radius 3 is 2.54 bits per heavy atom. The lowest BCUT2D eigenvalue weighted by molar-refractivity contribution is 0.0746. The zero-order chi connectivity index (χ0) is 16.7. The molecule has 0 unspecified atom stereocenters. The molecule has 0 radical (unpaired) electrons. The highest BCUT2D eigenvalue weighted by Crippen LogP contribution is 2.23. The summed E-state index contributed by atoms with van der Waals surface area (Å²) in [6, 6.07) is 0. The molecule has 0 bridgehead atoms. The third kappa shape index (κ3) is 2.38. The Hall–Kier alpha value is -2.97. The van der Waals surface area contributed by atoms with Crippen molar-refractivity contribution in [2.24, 2.45) is 14.1 Å². The Kier molecular flexibility index (Phi) is 3.40. The van der Waals surface area contributed by atoms with Gasteiger partial charge < -0.3 is 9.80 Å². The molecule has 1 amide bonds. The number of hydrogen-bond donors (Lipinski definition) is 0. The number of hydrogen-bond acceptors (Lipinski definition) is 6. The first-order valence-electron chi connectivity index (χ1n) is 7.79. The molecule has 0 spiro atoms. The largest absolute Gasteiger partial charge is 0.352 e. The van der Waals surface area contributed by atoms with Crippen LogP contribution in [-0.2, 0) is 14.1 Å². The summed E-state index contributed by atoms with van der Waals surface area (Å²) >= 11 is 0. The highest BCUT2D eigenvalue weighted by atomic mass is 16.2. The first-order valence-corrected chi connectivity index (χ1v) is 7.79. The molecule has 3 aromatic heterocycles. The maximum Gasteiger partial charge on any atom is 0.257 e. The van der Waals surface area contributed by atoms with Crippen LogP contribution in [0.3, 0.4) is 0 Å². The quantitative estimate of drug-likeness (QED) is 0.662. The Labute approximate surface area is 138 Å². The molecule has 3 aromatic rings. The van der Waals surface area contributed by atoms with Gasteiger partial charge in [-0.05, 0) is 0 Å². The number of aryl methyl sites for hydroxylation is 2. The highest BCUT2D eigenvalue weighted by molar-refractivity contribution is 5.94. The van der Waals surface area contributed by atoms with Crippen molar-refractivity contribution in [1.82, 2.24) is 34.4 Å². The molecule has 124 valence electrons. The smallest absolute Gasteiger partial charge is 0.257 e. The van der Waals surface area contributed by atoms with E-state index in [0.717, 1.165) is 29.9 Å². The molecule has 1 fully saturated rings. The van der Waals surface area contributed by atoms with Crippen molar-refractivity contribution in [3.63, 3.8) is 0 Å². The molecule has 0 saturated carbocycles. The average molecular weight is 326 g/mol. The van der Waals surface area contributed by atoms with Gasteiger partial charge in [-0.2, -0.15) is 10.2 Å². The van der Waals surface area contributed by atoms with E-state index in [4.69, 9.17) is 0 Å². The summed E-state index contributed by atoms with van der Waals surface area (Å²) in [5, 5.41) is 9.25. The van der Waals surface area contributed by atoms with Crippen LogP contribution >= 0.6 is 0 Å². The first-order chi connectivity index (χ1) is 11.6. The monoisotopic (exact) mass is 326 g/mol. The second kappa shape index (κ2) is 5.59. The summed E-state index contributed by atoms with van der Waals surface area (Å²) in [6.45, 7) is 2.76. The van der Waals surface area contributed by atoms with Crippen LogP contribution in [0.1, 0.15) is 10.4 Å². The fraction of sp³-hybridized carbons (Fsp3) is 0.400. The molecule has 0 aromatic carbocycles. The van der Waals surface area contributed by atoms with Gasteiger partial charge in [0.05, 0.1) is 23.3 Å². The fourth-order valence-corrected chi connectivity index (χ4v) is 3.04. The molecule has 1 aliphatic heterocycles. The van der Waals surface area contributed by atoms with Crippen LogP contribution in [0.25, 0.3) is 11.0 Å². The van der Waals surface area contributed by atoms with Gasteiger partial charge in [-0.1, -0.05) is 0 Å². The van der Waals surface area contributed by atoms with Crippen molar-refractivity contribution in [3.05, 3.63) is 30.5 Å². The minimum Gasteiger partial charge on any atom is -0.352 e. The highest BCUT2D eigenvalue weighted by Gasteiger charge is 2.25. The number of carbonyl (C=O) groups is 1. The lowest BCUT2D eigenvalue weighted by Crippen LogP contribution is -2.49. The average Bonchev–Trinajstić information content (AvgIpc) is 3.21. The standard InChI is InChI=1S/C15H18N8O/c1-20-9-11(7-18-20)15(24)23-5-3-22(4-6-23)14-12-8-19-21(2)13(12)16-10-17-14/h7-10H,3-6H2,1-2H3. The van der Waals surface area contributed by atoms with Gasteiger partial charge in [0.1, 0.15) is 12.1 Å². The van der Waals surface area contributed by atoms with E-state index in [1.54, 1.807) is 34.3 Å². The Morgan fingerprint density at radius 2 is 1.83 bits per heavy atom. The van der Waals surface area contributed by atoms with Crippen LogP contribution in [-0.4, -0.2) is 66.5 Å². The molecule has 0 atom stereocenters. The van der Waals surface area contributed by atoms with E-state index in [1.807, 2.05) is 19.0 Å². The van der Waals surface area contributed by atoms with E-state index in [1.165, 1.54) is 0 Å². The van der Waals surface area contributed by atoms with Crippen molar-refractivity contribution < 1.29 is 4.79 Å². The topological polar surface area (TPSA) is 85.0 Å². The molecular weight excluding hydrogens is 308 g/mol. The Morgan fingerprint density at radius 1 is 1.04 bits per heavy atom. The molecule has 0 N–H and O–H groups in total. The summed E-state index contributed by atoms with van der Waals surface area (Å²) in [4.78, 5) is 25.2. The maximum absolute atomic E-state index is 12.5. The van der Waals surface area contributed by atoms with E-state index in [2.05, 4.69) is 25.1 Å². The van der Waals surface area contributed by atoms with Crippen molar-refractivity contribution in [1.29, 1.82) is 0 Å². The van der Waals surface area contributed by atoms with Gasteiger partial charge in [0.25, 0.3) is 5.91 Å². The van der Waals surface area contributed by atoms with Crippen molar-refractivity contribution >= 4 is 22.8 Å². The second-order valence-electron chi connectivity index (χ2n) is 5.88. The number of amides is 1. The number of piperazine rings is 1. The van der Waals surface area contributed by atoms with Crippen molar-refractivity contribution in [2.45, 2.75) is 0 Å². The summed E-state index contributed by atoms with van der Waals surface area (Å²) in [6.07, 6.45) is 6.71.